The molecule has 0 spiro atoms. The molecule has 1 aromatic carbocycles. The number of hydrogen-bond acceptors (Lipinski definition) is 2. The van der Waals surface area contributed by atoms with Crippen LogP contribution in [0.2, 0.25) is 0 Å². The van der Waals surface area contributed by atoms with Crippen LogP contribution in [-0.4, -0.2) is 15.7 Å². The van der Waals surface area contributed by atoms with Gasteiger partial charge in [-0.3, -0.25) is 9.48 Å². The molecule has 0 bridgehead atoms. The summed E-state index contributed by atoms with van der Waals surface area (Å²) in [5, 5.41) is 7.36. The van der Waals surface area contributed by atoms with Gasteiger partial charge in [0.1, 0.15) is 4.60 Å². The Morgan fingerprint density at radius 2 is 2.13 bits per heavy atom. The van der Waals surface area contributed by atoms with Gasteiger partial charge in [-0.1, -0.05) is 32.9 Å². The topological polar surface area (TPSA) is 46.9 Å². The van der Waals surface area contributed by atoms with E-state index in [1.807, 2.05) is 26.1 Å². The molecule has 1 N–H and O–H groups in total. The Bertz CT molecular complexity index is 792. The summed E-state index contributed by atoms with van der Waals surface area (Å²) in [5.41, 5.74) is 5.11. The first kappa shape index (κ1) is 16.2. The van der Waals surface area contributed by atoms with Crippen LogP contribution in [-0.2, 0) is 12.5 Å². The number of benzene rings is 1. The highest BCUT2D eigenvalue weighted by atomic mass is 79.9. The molecule has 0 saturated heterocycles. The molecule has 0 saturated carbocycles. The Balaban J connectivity index is 1.99. The first-order valence-corrected chi connectivity index (χ1v) is 8.65. The van der Waals surface area contributed by atoms with E-state index < -0.39 is 0 Å². The van der Waals surface area contributed by atoms with Gasteiger partial charge in [-0.05, 0) is 57.8 Å². The summed E-state index contributed by atoms with van der Waals surface area (Å²) < 4.78 is 2.29. The quantitative estimate of drug-likeness (QED) is 0.837. The number of carbonyl (C=O) groups excluding carboxylic acids is 1. The second-order valence-corrected chi connectivity index (χ2v) is 7.84. The lowest BCUT2D eigenvalue weighted by Crippen LogP contribution is -2.16. The zero-order valence-electron chi connectivity index (χ0n) is 14.2. The zero-order valence-corrected chi connectivity index (χ0v) is 15.8. The molecule has 122 valence electrons. The average Bonchev–Trinajstić information content (AvgIpc) is 2.84. The minimum Gasteiger partial charge on any atom is -0.322 e. The number of fused-ring (bicyclic) bond motifs is 1. The highest BCUT2D eigenvalue weighted by Crippen LogP contribution is 2.48. The number of nitrogens with one attached hydrogen (secondary N) is 1. The second kappa shape index (κ2) is 5.48. The van der Waals surface area contributed by atoms with Crippen LogP contribution in [0, 0.1) is 6.92 Å². The largest absolute Gasteiger partial charge is 0.322 e. The van der Waals surface area contributed by atoms with Crippen molar-refractivity contribution in [1.82, 2.24) is 9.78 Å². The van der Waals surface area contributed by atoms with E-state index in [0.29, 0.717) is 16.1 Å². The van der Waals surface area contributed by atoms with Crippen LogP contribution >= 0.6 is 15.9 Å². The Morgan fingerprint density at radius 3 is 2.74 bits per heavy atom. The van der Waals surface area contributed by atoms with Crippen molar-refractivity contribution in [3.63, 3.8) is 0 Å². The molecular formula is C18H22BrN3O. The molecule has 3 rings (SSSR count). The number of halogens is 1. The monoisotopic (exact) mass is 375 g/mol. The van der Waals surface area contributed by atoms with E-state index in [1.54, 1.807) is 4.68 Å². The van der Waals surface area contributed by atoms with Crippen LogP contribution in [0.5, 0.6) is 0 Å². The summed E-state index contributed by atoms with van der Waals surface area (Å²) in [6.45, 7) is 8.66. The molecule has 1 aliphatic carbocycles. The number of hydrogen-bond donors (Lipinski definition) is 1. The molecule has 4 nitrogen and oxygen atoms in total. The highest BCUT2D eigenvalue weighted by molar-refractivity contribution is 9.10. The lowest BCUT2D eigenvalue weighted by molar-refractivity contribution is 0.102. The number of anilines is 1. The number of aromatic nitrogens is 2. The predicted octanol–water partition coefficient (Wildman–Crippen LogP) is 4.53. The van der Waals surface area contributed by atoms with Gasteiger partial charge in [0.2, 0.25) is 0 Å². The van der Waals surface area contributed by atoms with Crippen LogP contribution in [0.1, 0.15) is 60.3 Å². The van der Waals surface area contributed by atoms with Gasteiger partial charge in [-0.25, -0.2) is 0 Å². The van der Waals surface area contributed by atoms with Crippen molar-refractivity contribution in [1.29, 1.82) is 0 Å². The molecule has 1 aliphatic rings. The minimum absolute atomic E-state index is 0.118. The second-order valence-electron chi connectivity index (χ2n) is 7.08. The van der Waals surface area contributed by atoms with Crippen LogP contribution < -0.4 is 5.32 Å². The van der Waals surface area contributed by atoms with Gasteiger partial charge in [0.25, 0.3) is 5.91 Å². The van der Waals surface area contributed by atoms with E-state index in [9.17, 15) is 4.79 Å². The first-order valence-electron chi connectivity index (χ1n) is 7.86. The van der Waals surface area contributed by atoms with E-state index in [2.05, 4.69) is 53.2 Å². The van der Waals surface area contributed by atoms with E-state index in [0.717, 1.165) is 17.8 Å². The molecule has 0 radical (unpaired) electrons. The zero-order chi connectivity index (χ0) is 16.9. The standard InChI is InChI=1S/C18H22BrN3O/c1-10-9-18(3,4)12-7-6-8-13(14(10)12)20-17(23)15-11(2)22(5)21-16(15)19/h6-8,10H,9H2,1-5H3,(H,20,23). The molecule has 1 amide bonds. The van der Waals surface area contributed by atoms with Crippen molar-refractivity contribution in [2.45, 2.75) is 45.4 Å². The molecule has 1 unspecified atom stereocenters. The third-order valence-corrected chi connectivity index (χ3v) is 5.47. The first-order chi connectivity index (χ1) is 10.7. The van der Waals surface area contributed by atoms with Crippen LogP contribution in [0.3, 0.4) is 0 Å². The third kappa shape index (κ3) is 2.61. The van der Waals surface area contributed by atoms with Gasteiger partial charge in [-0.2, -0.15) is 5.10 Å². The fraction of sp³-hybridized carbons (Fsp3) is 0.444. The van der Waals surface area contributed by atoms with Gasteiger partial charge in [0.15, 0.2) is 0 Å². The van der Waals surface area contributed by atoms with Gasteiger partial charge >= 0.3 is 0 Å². The molecule has 1 aromatic heterocycles. The molecule has 0 fully saturated rings. The van der Waals surface area contributed by atoms with Crippen molar-refractivity contribution < 1.29 is 4.79 Å². The van der Waals surface area contributed by atoms with Crippen molar-refractivity contribution in [3.05, 3.63) is 45.2 Å². The molecule has 1 atom stereocenters. The summed E-state index contributed by atoms with van der Waals surface area (Å²) in [6, 6.07) is 6.20. The van der Waals surface area contributed by atoms with Gasteiger partial charge < -0.3 is 5.32 Å². The molecular weight excluding hydrogens is 354 g/mol. The fourth-order valence-electron chi connectivity index (χ4n) is 3.78. The molecule has 0 aliphatic heterocycles. The maximum absolute atomic E-state index is 12.7. The predicted molar refractivity (Wildman–Crippen MR) is 96.1 cm³/mol. The van der Waals surface area contributed by atoms with Crippen molar-refractivity contribution >= 4 is 27.5 Å². The van der Waals surface area contributed by atoms with Gasteiger partial charge in [0.05, 0.1) is 5.56 Å². The van der Waals surface area contributed by atoms with Crippen molar-refractivity contribution in [3.8, 4) is 0 Å². The number of carbonyl (C=O) groups is 1. The van der Waals surface area contributed by atoms with Crippen molar-refractivity contribution in [2.75, 3.05) is 5.32 Å². The van der Waals surface area contributed by atoms with E-state index in [1.165, 1.54) is 11.1 Å². The van der Waals surface area contributed by atoms with Gasteiger partial charge in [0, 0.05) is 18.4 Å². The van der Waals surface area contributed by atoms with E-state index in [4.69, 9.17) is 0 Å². The normalized spacial score (nSPS) is 18.8. The summed E-state index contributed by atoms with van der Waals surface area (Å²) in [7, 11) is 1.84. The Hall–Kier alpha value is -1.62. The smallest absolute Gasteiger partial charge is 0.260 e. The molecule has 2 aromatic rings. The lowest BCUT2D eigenvalue weighted by Gasteiger charge is -2.19. The number of rotatable bonds is 2. The Labute approximate surface area is 145 Å². The maximum atomic E-state index is 12.7. The third-order valence-electron chi connectivity index (χ3n) is 4.91. The maximum Gasteiger partial charge on any atom is 0.260 e. The summed E-state index contributed by atoms with van der Waals surface area (Å²) >= 11 is 3.38. The molecule has 23 heavy (non-hydrogen) atoms. The SMILES string of the molecule is Cc1c(C(=O)Nc2cccc3c2C(C)CC3(C)C)c(Br)nn1C. The van der Waals surface area contributed by atoms with Gasteiger partial charge in [-0.15, -0.1) is 0 Å². The Morgan fingerprint density at radius 1 is 1.43 bits per heavy atom. The average molecular weight is 376 g/mol. The number of nitrogens with zero attached hydrogens (tertiary/aromatic N) is 2. The number of amides is 1. The fourth-order valence-corrected chi connectivity index (χ4v) is 4.49. The van der Waals surface area contributed by atoms with E-state index >= 15 is 0 Å². The summed E-state index contributed by atoms with van der Waals surface area (Å²) in [6.07, 6.45) is 1.10. The lowest BCUT2D eigenvalue weighted by atomic mass is 9.86. The van der Waals surface area contributed by atoms with Crippen LogP contribution in [0.25, 0.3) is 0 Å². The summed E-state index contributed by atoms with van der Waals surface area (Å²) in [5.74, 6) is 0.322. The minimum atomic E-state index is -0.118. The van der Waals surface area contributed by atoms with Crippen LogP contribution in [0.15, 0.2) is 22.8 Å². The van der Waals surface area contributed by atoms with Crippen molar-refractivity contribution in [2.24, 2.45) is 7.05 Å². The summed E-state index contributed by atoms with van der Waals surface area (Å²) in [4.78, 5) is 12.7. The molecule has 5 heteroatoms. The van der Waals surface area contributed by atoms with E-state index in [-0.39, 0.29) is 11.3 Å². The Kier molecular flexibility index (Phi) is 3.87. The molecule has 1 heterocycles. The number of aryl methyl sites for hydroxylation is 1. The highest BCUT2D eigenvalue weighted by Gasteiger charge is 2.36. The van der Waals surface area contributed by atoms with Crippen LogP contribution in [0.4, 0.5) is 5.69 Å².